The van der Waals surface area contributed by atoms with Gasteiger partial charge in [0.2, 0.25) is 0 Å². The molecule has 47 heavy (non-hydrogen) atoms. The molecule has 0 saturated heterocycles. The maximum absolute atomic E-state index is 13.1. The molecular weight excluding hydrogens is 612 g/mol. The molecule has 1 aliphatic rings. The van der Waals surface area contributed by atoms with Crippen molar-refractivity contribution in [3.8, 4) is 0 Å². The number of hydrogen-bond acceptors (Lipinski definition) is 12. The standard InChI is InChI=1S/C35H58O12/c1-4-5-11-16-29(41)32-30(42)20-26(38)18-24(36)17-25(37)19-27(39)21-31(43)34(45)33(44)22(2)14-12-9-7-6-8-10-13-15-28(40)23(3)47-35(32)46/h6-10,12-15,23-34,36-45H,4-5,11,16-21H2,1-3H3/b7-6+,10-8+,12-9+,15-13+,22-14+/t23-,24?,25?,26?,27?,28+,29?,30?,31?,32?,33?,34?/m1/s1. The van der Waals surface area contributed by atoms with Gasteiger partial charge >= 0.3 is 5.97 Å². The monoisotopic (exact) mass is 670 g/mol. The Morgan fingerprint density at radius 3 is 1.77 bits per heavy atom. The van der Waals surface area contributed by atoms with Crippen molar-refractivity contribution in [3.05, 3.63) is 60.3 Å². The third kappa shape index (κ3) is 17.1. The number of ether oxygens (including phenoxy) is 1. The molecule has 0 aromatic rings. The molecule has 12 atom stereocenters. The SMILES string of the molecule is CCCCCC(O)C1C(=O)O[C@H](C)[C@@H](O)/C=C/C=C/C=C/C=C/C=C(\C)C(O)C(O)C(O)CC(O)CC(O)CC(O)CC(O)CC1O. The van der Waals surface area contributed by atoms with Crippen LogP contribution in [0.3, 0.4) is 0 Å². The van der Waals surface area contributed by atoms with E-state index < -0.39 is 85.5 Å². The highest BCUT2D eigenvalue weighted by molar-refractivity contribution is 5.74. The Morgan fingerprint density at radius 2 is 1.21 bits per heavy atom. The van der Waals surface area contributed by atoms with Gasteiger partial charge in [0.25, 0.3) is 0 Å². The summed E-state index contributed by atoms with van der Waals surface area (Å²) in [6.07, 6.45) is 0.559. The predicted molar refractivity (Wildman–Crippen MR) is 177 cm³/mol. The van der Waals surface area contributed by atoms with Crippen molar-refractivity contribution in [1.29, 1.82) is 0 Å². The smallest absolute Gasteiger partial charge is 0.314 e. The van der Waals surface area contributed by atoms with Crippen LogP contribution in [0.25, 0.3) is 0 Å². The molecule has 12 nitrogen and oxygen atoms in total. The van der Waals surface area contributed by atoms with Gasteiger partial charge in [-0.25, -0.2) is 0 Å². The summed E-state index contributed by atoms with van der Waals surface area (Å²) < 4.78 is 5.41. The number of allylic oxidation sites excluding steroid dienone is 8. The van der Waals surface area contributed by atoms with Gasteiger partial charge in [0.15, 0.2) is 0 Å². The summed E-state index contributed by atoms with van der Waals surface area (Å²) in [5.41, 5.74) is 0.357. The zero-order valence-electron chi connectivity index (χ0n) is 27.8. The summed E-state index contributed by atoms with van der Waals surface area (Å²) in [7, 11) is 0. The quantitative estimate of drug-likeness (QED) is 0.145. The largest absolute Gasteiger partial charge is 0.459 e. The van der Waals surface area contributed by atoms with E-state index in [-0.39, 0.29) is 32.1 Å². The van der Waals surface area contributed by atoms with Gasteiger partial charge in [-0.2, -0.15) is 0 Å². The van der Waals surface area contributed by atoms with Crippen LogP contribution in [0.2, 0.25) is 0 Å². The Bertz CT molecular complexity index is 1020. The fraction of sp³-hybridized carbons (Fsp3) is 0.686. The van der Waals surface area contributed by atoms with Gasteiger partial charge in [0.05, 0.1) is 42.7 Å². The van der Waals surface area contributed by atoms with Crippen LogP contribution >= 0.6 is 0 Å². The predicted octanol–water partition coefficient (Wildman–Crippen LogP) is 0.859. The van der Waals surface area contributed by atoms with E-state index >= 15 is 0 Å². The van der Waals surface area contributed by atoms with Crippen LogP contribution in [0.1, 0.15) is 78.6 Å². The molecule has 0 spiro atoms. The number of aliphatic hydroxyl groups excluding tert-OH is 10. The third-order valence-corrected chi connectivity index (χ3v) is 8.17. The Balaban J connectivity index is 3.19. The molecule has 1 heterocycles. The van der Waals surface area contributed by atoms with Gasteiger partial charge in [-0.3, -0.25) is 4.79 Å². The zero-order chi connectivity index (χ0) is 35.5. The first kappa shape index (κ1) is 42.8. The lowest BCUT2D eigenvalue weighted by atomic mass is 9.87. The average molecular weight is 671 g/mol. The Morgan fingerprint density at radius 1 is 0.723 bits per heavy atom. The first-order chi connectivity index (χ1) is 22.2. The molecule has 0 amide bonds. The van der Waals surface area contributed by atoms with E-state index in [9.17, 15) is 55.9 Å². The number of esters is 1. The molecule has 0 aromatic heterocycles. The average Bonchev–Trinajstić information content (AvgIpc) is 2.98. The van der Waals surface area contributed by atoms with E-state index in [1.165, 1.54) is 13.0 Å². The third-order valence-electron chi connectivity index (χ3n) is 8.17. The van der Waals surface area contributed by atoms with Gasteiger partial charge in [0.1, 0.15) is 30.3 Å². The number of hydrogen-bond donors (Lipinski definition) is 10. The maximum atomic E-state index is 13.1. The molecule has 1 aliphatic heterocycles. The van der Waals surface area contributed by atoms with Crippen molar-refractivity contribution in [2.24, 2.45) is 5.92 Å². The lowest BCUT2D eigenvalue weighted by Gasteiger charge is -2.30. The molecule has 0 fully saturated rings. The second-order valence-corrected chi connectivity index (χ2v) is 12.5. The summed E-state index contributed by atoms with van der Waals surface area (Å²) in [5, 5.41) is 105. The number of carbonyl (C=O) groups is 1. The topological polar surface area (TPSA) is 229 Å². The highest BCUT2D eigenvalue weighted by atomic mass is 16.6. The zero-order valence-corrected chi connectivity index (χ0v) is 27.8. The van der Waals surface area contributed by atoms with Gasteiger partial charge in [-0.05, 0) is 45.1 Å². The second-order valence-electron chi connectivity index (χ2n) is 12.5. The molecule has 12 heteroatoms. The van der Waals surface area contributed by atoms with Crippen molar-refractivity contribution >= 4 is 5.97 Å². The summed E-state index contributed by atoms with van der Waals surface area (Å²) in [5.74, 6) is -2.37. The molecule has 270 valence electrons. The first-order valence-electron chi connectivity index (χ1n) is 16.5. The van der Waals surface area contributed by atoms with Crippen LogP contribution in [0, 0.1) is 5.92 Å². The highest BCUT2D eigenvalue weighted by Crippen LogP contribution is 2.24. The lowest BCUT2D eigenvalue weighted by molar-refractivity contribution is -0.168. The molecule has 10 N–H and O–H groups in total. The summed E-state index contributed by atoms with van der Waals surface area (Å²) in [6, 6.07) is 0. The van der Waals surface area contributed by atoms with Crippen molar-refractivity contribution in [3.63, 3.8) is 0 Å². The van der Waals surface area contributed by atoms with E-state index in [2.05, 4.69) is 0 Å². The van der Waals surface area contributed by atoms with Crippen LogP contribution in [0.15, 0.2) is 60.3 Å². The van der Waals surface area contributed by atoms with Crippen LogP contribution in [0.4, 0.5) is 0 Å². The number of rotatable bonds is 5. The van der Waals surface area contributed by atoms with Gasteiger partial charge in [-0.1, -0.05) is 80.9 Å². The van der Waals surface area contributed by atoms with Crippen LogP contribution in [-0.2, 0) is 9.53 Å². The van der Waals surface area contributed by atoms with Gasteiger partial charge in [0, 0.05) is 12.8 Å². The molecule has 1 rings (SSSR count). The minimum absolute atomic E-state index is 0.197. The summed E-state index contributed by atoms with van der Waals surface area (Å²) in [6.45, 7) is 5.00. The molecule has 0 aromatic carbocycles. The van der Waals surface area contributed by atoms with E-state index in [1.54, 1.807) is 55.5 Å². The van der Waals surface area contributed by atoms with E-state index in [0.29, 0.717) is 12.0 Å². The fourth-order valence-corrected chi connectivity index (χ4v) is 5.30. The molecule has 0 bridgehead atoms. The van der Waals surface area contributed by atoms with Crippen molar-refractivity contribution in [1.82, 2.24) is 0 Å². The lowest BCUT2D eigenvalue weighted by Crippen LogP contribution is -2.43. The fourth-order valence-electron chi connectivity index (χ4n) is 5.30. The van der Waals surface area contributed by atoms with Crippen LogP contribution in [-0.4, -0.2) is 124 Å². The van der Waals surface area contributed by atoms with Crippen molar-refractivity contribution in [2.75, 3.05) is 0 Å². The second kappa shape index (κ2) is 23.2. The summed E-state index contributed by atoms with van der Waals surface area (Å²) in [4.78, 5) is 13.1. The van der Waals surface area contributed by atoms with E-state index in [1.807, 2.05) is 6.92 Å². The normalized spacial score (nSPS) is 39.6. The molecule has 0 saturated carbocycles. The molecular formula is C35H58O12. The minimum atomic E-state index is -1.61. The number of unbranched alkanes of at least 4 members (excludes halogenated alkanes) is 2. The first-order valence-corrected chi connectivity index (χ1v) is 16.5. The maximum Gasteiger partial charge on any atom is 0.314 e. The Hall–Kier alpha value is -2.23. The van der Waals surface area contributed by atoms with Gasteiger partial charge < -0.3 is 55.8 Å². The number of carbonyl (C=O) groups excluding carboxylic acids is 1. The number of aliphatic hydroxyl groups is 10. The van der Waals surface area contributed by atoms with Crippen molar-refractivity contribution in [2.45, 2.75) is 146 Å². The molecule has 0 aliphatic carbocycles. The van der Waals surface area contributed by atoms with Gasteiger partial charge in [-0.15, -0.1) is 0 Å². The minimum Gasteiger partial charge on any atom is -0.459 e. The van der Waals surface area contributed by atoms with Crippen LogP contribution in [0.5, 0.6) is 0 Å². The highest BCUT2D eigenvalue weighted by Gasteiger charge is 2.37. The van der Waals surface area contributed by atoms with E-state index in [4.69, 9.17) is 4.74 Å². The molecule has 10 unspecified atom stereocenters. The molecule has 0 radical (unpaired) electrons. The van der Waals surface area contributed by atoms with Crippen molar-refractivity contribution < 1.29 is 60.6 Å². The van der Waals surface area contributed by atoms with Crippen LogP contribution < -0.4 is 0 Å². The van der Waals surface area contributed by atoms with E-state index in [0.717, 1.165) is 12.8 Å². The Labute approximate surface area is 278 Å². The number of cyclic esters (lactones) is 1. The summed E-state index contributed by atoms with van der Waals surface area (Å²) >= 11 is 0. The Kier molecular flexibility index (Phi) is 21.1.